The quantitative estimate of drug-likeness (QED) is 0.817. The van der Waals surface area contributed by atoms with Crippen molar-refractivity contribution in [3.05, 3.63) is 41.4 Å². The molecule has 18 heavy (non-hydrogen) atoms. The number of nitrogens with one attached hydrogen (secondary N) is 1. The molecule has 92 valence electrons. The van der Waals surface area contributed by atoms with Crippen molar-refractivity contribution in [3.63, 3.8) is 0 Å². The zero-order valence-electron chi connectivity index (χ0n) is 9.68. The van der Waals surface area contributed by atoms with Gasteiger partial charge in [0, 0.05) is 24.6 Å². The summed E-state index contributed by atoms with van der Waals surface area (Å²) in [5.41, 5.74) is 1.87. The Morgan fingerprint density at radius 1 is 1.44 bits per heavy atom. The van der Waals surface area contributed by atoms with Crippen LogP contribution in [-0.2, 0) is 4.79 Å². The van der Waals surface area contributed by atoms with E-state index in [1.807, 2.05) is 0 Å². The molecule has 0 aliphatic carbocycles. The number of rotatable bonds is 2. The van der Waals surface area contributed by atoms with Crippen LogP contribution in [0.2, 0.25) is 0 Å². The van der Waals surface area contributed by atoms with E-state index in [1.165, 1.54) is 0 Å². The average Bonchev–Trinajstić information content (AvgIpc) is 2.89. The molecule has 1 aromatic heterocycles. The Morgan fingerprint density at radius 3 is 3.00 bits per heavy atom. The highest BCUT2D eigenvalue weighted by Gasteiger charge is 2.28. The lowest BCUT2D eigenvalue weighted by molar-refractivity contribution is -0.117. The van der Waals surface area contributed by atoms with Gasteiger partial charge in [-0.15, -0.1) is 6.58 Å². The summed E-state index contributed by atoms with van der Waals surface area (Å²) in [5.74, 6) is -0.222. The molecule has 5 heteroatoms. The van der Waals surface area contributed by atoms with Crippen molar-refractivity contribution < 1.29 is 9.21 Å². The fourth-order valence-electron chi connectivity index (χ4n) is 2.25. The normalized spacial score (nSPS) is 19.7. The molecule has 1 fully saturated rings. The minimum Gasteiger partial charge on any atom is -0.408 e. The molecule has 3 rings (SSSR count). The Kier molecular flexibility index (Phi) is 2.33. The lowest BCUT2D eigenvalue weighted by Gasteiger charge is -2.15. The van der Waals surface area contributed by atoms with Crippen molar-refractivity contribution in [2.45, 2.75) is 6.42 Å². The van der Waals surface area contributed by atoms with Gasteiger partial charge in [0.05, 0.1) is 5.52 Å². The summed E-state index contributed by atoms with van der Waals surface area (Å²) in [6, 6.07) is 5.23. The Morgan fingerprint density at radius 2 is 2.28 bits per heavy atom. The van der Waals surface area contributed by atoms with Crippen molar-refractivity contribution in [1.82, 2.24) is 4.98 Å². The second-order valence-corrected chi connectivity index (χ2v) is 4.40. The molecule has 1 saturated heterocycles. The van der Waals surface area contributed by atoms with E-state index in [1.54, 1.807) is 29.2 Å². The molecule has 5 nitrogen and oxygen atoms in total. The number of H-pyrrole nitrogens is 1. The maximum absolute atomic E-state index is 11.9. The molecule has 1 unspecified atom stereocenters. The summed E-state index contributed by atoms with van der Waals surface area (Å²) in [5, 5.41) is 0. The number of anilines is 1. The third-order valence-electron chi connectivity index (χ3n) is 3.20. The number of carbonyl (C=O) groups excluding carboxylic acids is 1. The van der Waals surface area contributed by atoms with Crippen LogP contribution in [-0.4, -0.2) is 17.4 Å². The summed E-state index contributed by atoms with van der Waals surface area (Å²) in [6.45, 7) is 4.35. The maximum Gasteiger partial charge on any atom is 0.417 e. The van der Waals surface area contributed by atoms with E-state index in [9.17, 15) is 9.59 Å². The van der Waals surface area contributed by atoms with Crippen molar-refractivity contribution >= 4 is 22.7 Å². The first-order valence-corrected chi connectivity index (χ1v) is 5.73. The Balaban J connectivity index is 2.01. The molecule has 0 radical (unpaired) electrons. The van der Waals surface area contributed by atoms with Gasteiger partial charge in [-0.2, -0.15) is 0 Å². The number of aromatic nitrogens is 1. The summed E-state index contributed by atoms with van der Waals surface area (Å²) in [4.78, 5) is 27.2. The first-order valence-electron chi connectivity index (χ1n) is 5.73. The van der Waals surface area contributed by atoms with Gasteiger partial charge in [0.1, 0.15) is 0 Å². The first-order chi connectivity index (χ1) is 8.67. The number of hydrogen-bond acceptors (Lipinski definition) is 3. The fraction of sp³-hybridized carbons (Fsp3) is 0.231. The van der Waals surface area contributed by atoms with Crippen LogP contribution in [0, 0.1) is 5.92 Å². The second kappa shape index (κ2) is 3.87. The molecule has 1 aliphatic rings. The minimum atomic E-state index is -0.487. The standard InChI is InChI=1S/C13H12N2O3/c1-2-8-5-12(16)15(7-8)9-3-4-11-10(6-9)14-13(17)18-11/h2-4,6,8H,1,5,7H2,(H,14,17). The molecule has 0 spiro atoms. The van der Waals surface area contributed by atoms with E-state index >= 15 is 0 Å². The zero-order chi connectivity index (χ0) is 12.7. The largest absolute Gasteiger partial charge is 0.417 e. The van der Waals surface area contributed by atoms with E-state index < -0.39 is 5.76 Å². The van der Waals surface area contributed by atoms with E-state index in [0.29, 0.717) is 24.1 Å². The van der Waals surface area contributed by atoms with Crippen LogP contribution in [0.5, 0.6) is 0 Å². The monoisotopic (exact) mass is 244 g/mol. The molecule has 1 N–H and O–H groups in total. The van der Waals surface area contributed by atoms with Crippen LogP contribution in [0.4, 0.5) is 5.69 Å². The molecule has 1 aromatic carbocycles. The SMILES string of the molecule is C=CC1CC(=O)N(c2ccc3oc(=O)[nH]c3c2)C1. The Bertz CT molecular complexity index is 683. The van der Waals surface area contributed by atoms with Gasteiger partial charge in [-0.05, 0) is 18.2 Å². The number of benzene rings is 1. The van der Waals surface area contributed by atoms with Gasteiger partial charge in [0.15, 0.2) is 5.58 Å². The van der Waals surface area contributed by atoms with E-state index in [-0.39, 0.29) is 11.8 Å². The van der Waals surface area contributed by atoms with Gasteiger partial charge in [-0.25, -0.2) is 4.79 Å². The van der Waals surface area contributed by atoms with Gasteiger partial charge >= 0.3 is 5.76 Å². The highest BCUT2D eigenvalue weighted by atomic mass is 16.4. The van der Waals surface area contributed by atoms with Crippen LogP contribution >= 0.6 is 0 Å². The predicted octanol–water partition coefficient (Wildman–Crippen LogP) is 1.66. The highest BCUT2D eigenvalue weighted by Crippen LogP contribution is 2.27. The Hall–Kier alpha value is -2.30. The first kappa shape index (κ1) is 10.8. The molecule has 1 aliphatic heterocycles. The van der Waals surface area contributed by atoms with Crippen LogP contribution in [0.25, 0.3) is 11.1 Å². The van der Waals surface area contributed by atoms with Crippen molar-refractivity contribution in [2.75, 3.05) is 11.4 Å². The van der Waals surface area contributed by atoms with Gasteiger partial charge in [-0.3, -0.25) is 9.78 Å². The van der Waals surface area contributed by atoms with E-state index in [2.05, 4.69) is 11.6 Å². The maximum atomic E-state index is 11.9. The average molecular weight is 244 g/mol. The number of amides is 1. The van der Waals surface area contributed by atoms with Crippen LogP contribution in [0.15, 0.2) is 40.1 Å². The van der Waals surface area contributed by atoms with Crippen molar-refractivity contribution in [2.24, 2.45) is 5.92 Å². The molecule has 1 amide bonds. The summed E-state index contributed by atoms with van der Waals surface area (Å²) in [6.07, 6.45) is 2.29. The molecule has 0 saturated carbocycles. The van der Waals surface area contributed by atoms with E-state index in [4.69, 9.17) is 4.42 Å². The Labute approximate surface area is 103 Å². The third kappa shape index (κ3) is 1.64. The van der Waals surface area contributed by atoms with Crippen molar-refractivity contribution in [3.8, 4) is 0 Å². The number of fused-ring (bicyclic) bond motifs is 1. The highest BCUT2D eigenvalue weighted by molar-refractivity contribution is 5.97. The molecule has 1 atom stereocenters. The smallest absolute Gasteiger partial charge is 0.408 e. The fourth-order valence-corrected chi connectivity index (χ4v) is 2.25. The van der Waals surface area contributed by atoms with Crippen molar-refractivity contribution in [1.29, 1.82) is 0 Å². The topological polar surface area (TPSA) is 66.3 Å². The second-order valence-electron chi connectivity index (χ2n) is 4.40. The summed E-state index contributed by atoms with van der Waals surface area (Å²) >= 11 is 0. The molecule has 2 aromatic rings. The van der Waals surface area contributed by atoms with Gasteiger partial charge in [-0.1, -0.05) is 6.08 Å². The third-order valence-corrected chi connectivity index (χ3v) is 3.20. The van der Waals surface area contributed by atoms with Gasteiger partial charge < -0.3 is 9.32 Å². The molecule has 2 heterocycles. The summed E-state index contributed by atoms with van der Waals surface area (Å²) in [7, 11) is 0. The van der Waals surface area contributed by atoms with Crippen LogP contribution in [0.3, 0.4) is 0 Å². The zero-order valence-corrected chi connectivity index (χ0v) is 9.68. The summed E-state index contributed by atoms with van der Waals surface area (Å²) < 4.78 is 4.92. The van der Waals surface area contributed by atoms with Crippen LogP contribution in [0.1, 0.15) is 6.42 Å². The van der Waals surface area contributed by atoms with E-state index in [0.717, 1.165) is 5.69 Å². The molecular formula is C13H12N2O3. The van der Waals surface area contributed by atoms with Gasteiger partial charge in [0.2, 0.25) is 5.91 Å². The van der Waals surface area contributed by atoms with Gasteiger partial charge in [0.25, 0.3) is 0 Å². The molecule has 0 bridgehead atoms. The number of aromatic amines is 1. The predicted molar refractivity (Wildman–Crippen MR) is 67.5 cm³/mol. The minimum absolute atomic E-state index is 0.0742. The number of hydrogen-bond donors (Lipinski definition) is 1. The molecular weight excluding hydrogens is 232 g/mol. The lowest BCUT2D eigenvalue weighted by atomic mass is 10.1. The number of oxazole rings is 1. The van der Waals surface area contributed by atoms with Crippen LogP contribution < -0.4 is 10.7 Å². The number of nitrogens with zero attached hydrogens (tertiary/aromatic N) is 1. The number of carbonyl (C=O) groups is 1. The lowest BCUT2D eigenvalue weighted by Crippen LogP contribution is -2.24.